The molecule has 0 radical (unpaired) electrons. The third kappa shape index (κ3) is 4.45. The monoisotopic (exact) mass is 460 g/mol. The van der Waals surface area contributed by atoms with Gasteiger partial charge in [-0.25, -0.2) is 4.79 Å². The maximum absolute atomic E-state index is 12.6. The fourth-order valence-electron chi connectivity index (χ4n) is 4.77. The largest absolute Gasteiger partial charge is 0.494 e. The highest BCUT2D eigenvalue weighted by molar-refractivity contribution is 6.04. The quantitative estimate of drug-likeness (QED) is 0.416. The van der Waals surface area contributed by atoms with Crippen molar-refractivity contribution in [2.45, 2.75) is 25.2 Å². The van der Waals surface area contributed by atoms with Gasteiger partial charge in [0.05, 0.1) is 35.5 Å². The summed E-state index contributed by atoms with van der Waals surface area (Å²) in [7, 11) is 5.94. The van der Waals surface area contributed by atoms with Crippen LogP contribution in [0.25, 0.3) is 33.1 Å². The number of H-pyrrole nitrogens is 1. The van der Waals surface area contributed by atoms with Crippen LogP contribution in [0.4, 0.5) is 0 Å². The third-order valence-corrected chi connectivity index (χ3v) is 6.61. The van der Waals surface area contributed by atoms with Gasteiger partial charge in [-0.15, -0.1) is 0 Å². The minimum atomic E-state index is -0.122. The molecule has 0 unspecified atom stereocenters. The van der Waals surface area contributed by atoms with E-state index in [1.54, 1.807) is 4.57 Å². The number of pyridine rings is 1. The summed E-state index contributed by atoms with van der Waals surface area (Å²) in [6, 6.07) is 14.4. The van der Waals surface area contributed by atoms with E-state index in [1.165, 1.54) is 0 Å². The van der Waals surface area contributed by atoms with Gasteiger partial charge >= 0.3 is 5.69 Å². The van der Waals surface area contributed by atoms with Gasteiger partial charge in [0.1, 0.15) is 5.75 Å². The van der Waals surface area contributed by atoms with Crippen LogP contribution < -0.4 is 10.4 Å². The molecule has 3 heterocycles. The predicted molar refractivity (Wildman–Crippen MR) is 136 cm³/mol. The van der Waals surface area contributed by atoms with E-state index in [2.05, 4.69) is 48.2 Å². The fraction of sp³-hybridized carbons (Fsp3) is 0.407. The Labute approximate surface area is 199 Å². The van der Waals surface area contributed by atoms with Gasteiger partial charge in [-0.3, -0.25) is 9.55 Å². The minimum Gasteiger partial charge on any atom is -0.494 e. The molecule has 1 aliphatic rings. The first kappa shape index (κ1) is 22.6. The Morgan fingerprint density at radius 3 is 2.71 bits per heavy atom. The molecule has 1 fully saturated rings. The summed E-state index contributed by atoms with van der Waals surface area (Å²) in [4.78, 5) is 22.8. The Morgan fingerprint density at radius 2 is 1.97 bits per heavy atom. The van der Waals surface area contributed by atoms with Crippen LogP contribution in [0, 0.1) is 0 Å². The first-order valence-corrected chi connectivity index (χ1v) is 12.0. The average Bonchev–Trinajstić information content (AvgIpc) is 3.16. The van der Waals surface area contributed by atoms with Crippen LogP contribution in [-0.2, 0) is 11.8 Å². The van der Waals surface area contributed by atoms with E-state index in [4.69, 9.17) is 14.5 Å². The van der Waals surface area contributed by atoms with Gasteiger partial charge in [-0.05, 0) is 68.8 Å². The molecule has 34 heavy (non-hydrogen) atoms. The highest BCUT2D eigenvalue weighted by Gasteiger charge is 2.24. The predicted octanol–water partition coefficient (Wildman–Crippen LogP) is 4.31. The smallest absolute Gasteiger partial charge is 0.326 e. The number of rotatable bonds is 7. The molecule has 178 valence electrons. The molecule has 0 saturated carbocycles. The molecule has 1 saturated heterocycles. The zero-order chi connectivity index (χ0) is 23.7. The minimum absolute atomic E-state index is 0.122. The molecular weight excluding hydrogens is 428 g/mol. The van der Waals surface area contributed by atoms with Gasteiger partial charge in [0, 0.05) is 31.5 Å². The molecule has 2 aromatic heterocycles. The molecule has 0 bridgehead atoms. The van der Waals surface area contributed by atoms with Gasteiger partial charge in [-0.1, -0.05) is 18.2 Å². The molecule has 5 rings (SSSR count). The number of benzene rings is 2. The van der Waals surface area contributed by atoms with Crippen LogP contribution in [0.2, 0.25) is 0 Å². The second-order valence-electron chi connectivity index (χ2n) is 9.39. The van der Waals surface area contributed by atoms with Gasteiger partial charge in [0.25, 0.3) is 0 Å². The first-order chi connectivity index (χ1) is 16.5. The normalized spacial score (nSPS) is 16.5. The lowest BCUT2D eigenvalue weighted by Crippen LogP contribution is -2.19. The van der Waals surface area contributed by atoms with Crippen LogP contribution in [0.1, 0.15) is 30.9 Å². The summed E-state index contributed by atoms with van der Waals surface area (Å²) >= 11 is 0. The van der Waals surface area contributed by atoms with Gasteiger partial charge in [0.2, 0.25) is 0 Å². The van der Waals surface area contributed by atoms with Crippen molar-refractivity contribution in [2.24, 2.45) is 7.05 Å². The molecular formula is C27H32N4O3. The molecule has 0 amide bonds. The molecule has 1 N–H and O–H groups in total. The Hall–Kier alpha value is -3.16. The lowest BCUT2D eigenvalue weighted by molar-refractivity contribution is 0.0797. The van der Waals surface area contributed by atoms with E-state index in [1.807, 2.05) is 25.2 Å². The maximum atomic E-state index is 12.6. The molecule has 1 atom stereocenters. The molecule has 0 aliphatic carbocycles. The molecule has 7 nitrogen and oxygen atoms in total. The zero-order valence-corrected chi connectivity index (χ0v) is 20.1. The number of aromatic amines is 1. The van der Waals surface area contributed by atoms with Crippen LogP contribution in [0.15, 0.2) is 47.3 Å². The molecule has 4 aromatic rings. The van der Waals surface area contributed by atoms with E-state index in [9.17, 15) is 4.79 Å². The maximum Gasteiger partial charge on any atom is 0.326 e. The van der Waals surface area contributed by atoms with E-state index in [0.29, 0.717) is 13.2 Å². The van der Waals surface area contributed by atoms with Crippen molar-refractivity contribution in [2.75, 3.05) is 40.5 Å². The lowest BCUT2D eigenvalue weighted by atomic mass is 9.95. The van der Waals surface area contributed by atoms with Crippen LogP contribution in [0.3, 0.4) is 0 Å². The summed E-state index contributed by atoms with van der Waals surface area (Å²) in [5.74, 6) is 1.08. The lowest BCUT2D eigenvalue weighted by Gasteiger charge is -2.23. The number of nitrogens with one attached hydrogen (secondary N) is 1. The Morgan fingerprint density at radius 1 is 1.18 bits per heavy atom. The highest BCUT2D eigenvalue weighted by Crippen LogP contribution is 2.34. The van der Waals surface area contributed by atoms with E-state index in [-0.39, 0.29) is 11.6 Å². The van der Waals surface area contributed by atoms with Crippen molar-refractivity contribution in [1.82, 2.24) is 19.4 Å². The van der Waals surface area contributed by atoms with Gasteiger partial charge in [-0.2, -0.15) is 0 Å². The molecule has 0 spiro atoms. The fourth-order valence-corrected chi connectivity index (χ4v) is 4.77. The van der Waals surface area contributed by atoms with E-state index >= 15 is 0 Å². The van der Waals surface area contributed by atoms with Crippen molar-refractivity contribution in [3.63, 3.8) is 0 Å². The van der Waals surface area contributed by atoms with Crippen LogP contribution >= 0.6 is 0 Å². The standard InChI is InChI=1S/C27H32N4O3/c1-30(2)13-5-15-34-21-10-7-18(8-11-21)19-9-12-23-22(16-19)25-26(31(3)27(32)29-25)24(28-23)20-6-4-14-33-17-20/h7-12,16,20H,4-6,13-15,17H2,1-3H3,(H,29,32)/t20-/m0/s1. The highest BCUT2D eigenvalue weighted by atomic mass is 16.5. The van der Waals surface area contributed by atoms with Gasteiger partial charge < -0.3 is 19.4 Å². The van der Waals surface area contributed by atoms with Crippen molar-refractivity contribution in [3.8, 4) is 16.9 Å². The number of hydrogen-bond donors (Lipinski definition) is 1. The van der Waals surface area contributed by atoms with E-state index < -0.39 is 0 Å². The Bertz CT molecular complexity index is 1350. The summed E-state index contributed by atoms with van der Waals surface area (Å²) < 4.78 is 13.3. The molecule has 2 aromatic carbocycles. The first-order valence-electron chi connectivity index (χ1n) is 12.0. The Kier molecular flexibility index (Phi) is 6.39. The van der Waals surface area contributed by atoms with Crippen molar-refractivity contribution in [3.05, 3.63) is 58.6 Å². The molecule has 7 heteroatoms. The van der Waals surface area contributed by atoms with Crippen molar-refractivity contribution >= 4 is 21.9 Å². The van der Waals surface area contributed by atoms with Crippen molar-refractivity contribution < 1.29 is 9.47 Å². The molecule has 1 aliphatic heterocycles. The topological polar surface area (TPSA) is 72.4 Å². The Balaban J connectivity index is 1.48. The third-order valence-electron chi connectivity index (χ3n) is 6.61. The second-order valence-corrected chi connectivity index (χ2v) is 9.39. The summed E-state index contributed by atoms with van der Waals surface area (Å²) in [6.45, 7) is 3.15. The number of fused-ring (bicyclic) bond motifs is 3. The number of ether oxygens (including phenoxy) is 2. The number of hydrogen-bond acceptors (Lipinski definition) is 5. The van der Waals surface area contributed by atoms with Crippen LogP contribution in [-0.4, -0.2) is 59.9 Å². The number of aryl methyl sites for hydroxylation is 1. The number of imidazole rings is 1. The van der Waals surface area contributed by atoms with E-state index in [0.717, 1.165) is 76.9 Å². The summed E-state index contributed by atoms with van der Waals surface area (Å²) in [6.07, 6.45) is 3.03. The number of aromatic nitrogens is 3. The summed E-state index contributed by atoms with van der Waals surface area (Å²) in [5, 5.41) is 0.953. The van der Waals surface area contributed by atoms with Crippen LogP contribution in [0.5, 0.6) is 5.75 Å². The SMILES string of the molecule is CN(C)CCCOc1ccc(-c2ccc3nc([C@H]4CCCOC4)c4c([nH]c(=O)n4C)c3c2)cc1. The second kappa shape index (κ2) is 9.60. The number of nitrogens with zero attached hydrogens (tertiary/aromatic N) is 3. The van der Waals surface area contributed by atoms with Crippen molar-refractivity contribution in [1.29, 1.82) is 0 Å². The average molecular weight is 461 g/mol. The van der Waals surface area contributed by atoms with Gasteiger partial charge in [0.15, 0.2) is 0 Å². The summed E-state index contributed by atoms with van der Waals surface area (Å²) in [5.41, 5.74) is 5.62. The zero-order valence-electron chi connectivity index (χ0n) is 20.1.